The number of carboxylic acids is 1. The number of hydrogen-bond acceptors (Lipinski definition) is 5. The molecule has 0 saturated carbocycles. The Morgan fingerprint density at radius 2 is 2.14 bits per heavy atom. The van der Waals surface area contributed by atoms with Crippen molar-refractivity contribution in [2.24, 2.45) is 5.41 Å². The Kier molecular flexibility index (Phi) is 4.30. The zero-order chi connectivity index (χ0) is 15.5. The number of rotatable bonds is 5. The maximum absolute atomic E-state index is 11.1. The molecule has 2 aromatic heterocycles. The number of nitrogens with zero attached hydrogens (tertiary/aromatic N) is 5. The van der Waals surface area contributed by atoms with Crippen LogP contribution < -0.4 is 0 Å². The largest absolute Gasteiger partial charge is 0.481 e. The van der Waals surface area contributed by atoms with Gasteiger partial charge >= 0.3 is 5.97 Å². The van der Waals surface area contributed by atoms with Crippen molar-refractivity contribution in [2.75, 3.05) is 0 Å². The number of pyridine rings is 1. The van der Waals surface area contributed by atoms with E-state index in [1.165, 1.54) is 0 Å². The van der Waals surface area contributed by atoms with Gasteiger partial charge in [-0.25, -0.2) is 4.68 Å². The Hall–Kier alpha value is -2.31. The molecule has 0 fully saturated rings. The summed E-state index contributed by atoms with van der Waals surface area (Å²) >= 11 is 0. The lowest BCUT2D eigenvalue weighted by atomic mass is 9.87. The molecule has 1 unspecified atom stereocenters. The average molecular weight is 289 g/mol. The van der Waals surface area contributed by atoms with E-state index < -0.39 is 5.97 Å². The van der Waals surface area contributed by atoms with Crippen LogP contribution in [0.4, 0.5) is 0 Å². The van der Waals surface area contributed by atoms with Crippen LogP contribution in [0.5, 0.6) is 0 Å². The molecule has 0 amide bonds. The second-order valence-electron chi connectivity index (χ2n) is 6.18. The zero-order valence-electron chi connectivity index (χ0n) is 12.4. The van der Waals surface area contributed by atoms with E-state index in [-0.39, 0.29) is 17.9 Å². The molecule has 7 heteroatoms. The standard InChI is InChI=1S/C14H19N5O2/c1-14(2,3)9-10(8-12(20)21)19-13(16-17-18-19)11-6-4-5-7-15-11/h4-7,10H,8-9H2,1-3H3,(H,20,21). The van der Waals surface area contributed by atoms with Crippen molar-refractivity contribution < 1.29 is 9.90 Å². The average Bonchev–Trinajstić information content (AvgIpc) is 2.86. The summed E-state index contributed by atoms with van der Waals surface area (Å²) in [5.41, 5.74) is 0.597. The van der Waals surface area contributed by atoms with Gasteiger partial charge in [-0.3, -0.25) is 9.78 Å². The third kappa shape index (κ3) is 4.08. The quantitative estimate of drug-likeness (QED) is 0.906. The predicted octanol–water partition coefficient (Wildman–Crippen LogP) is 2.19. The highest BCUT2D eigenvalue weighted by molar-refractivity contribution is 5.67. The minimum atomic E-state index is -0.869. The van der Waals surface area contributed by atoms with E-state index in [0.717, 1.165) is 0 Å². The summed E-state index contributed by atoms with van der Waals surface area (Å²) in [6, 6.07) is 5.14. The van der Waals surface area contributed by atoms with Crippen LogP contribution in [0.15, 0.2) is 24.4 Å². The summed E-state index contributed by atoms with van der Waals surface area (Å²) in [6.45, 7) is 6.19. The summed E-state index contributed by atoms with van der Waals surface area (Å²) in [5.74, 6) is -0.377. The van der Waals surface area contributed by atoms with Crippen LogP contribution in [0.2, 0.25) is 0 Å². The topological polar surface area (TPSA) is 93.8 Å². The maximum atomic E-state index is 11.1. The Balaban J connectivity index is 2.37. The van der Waals surface area contributed by atoms with Gasteiger partial charge in [0.25, 0.3) is 0 Å². The van der Waals surface area contributed by atoms with Gasteiger partial charge in [0.1, 0.15) is 5.69 Å². The van der Waals surface area contributed by atoms with Crippen molar-refractivity contribution in [3.63, 3.8) is 0 Å². The molecule has 0 aliphatic heterocycles. The Morgan fingerprint density at radius 3 is 2.71 bits per heavy atom. The van der Waals surface area contributed by atoms with E-state index in [1.807, 2.05) is 12.1 Å². The first-order chi connectivity index (χ1) is 9.87. The monoisotopic (exact) mass is 289 g/mol. The van der Waals surface area contributed by atoms with E-state index >= 15 is 0 Å². The molecular weight excluding hydrogens is 270 g/mol. The maximum Gasteiger partial charge on any atom is 0.305 e. The number of tetrazole rings is 1. The molecule has 0 bridgehead atoms. The molecule has 2 heterocycles. The lowest BCUT2D eigenvalue weighted by Gasteiger charge is -2.25. The van der Waals surface area contributed by atoms with Crippen LogP contribution in [0.25, 0.3) is 11.5 Å². The van der Waals surface area contributed by atoms with Crippen LogP contribution in [-0.4, -0.2) is 36.3 Å². The fourth-order valence-electron chi connectivity index (χ4n) is 2.26. The molecule has 112 valence electrons. The molecule has 1 atom stereocenters. The number of aromatic nitrogens is 5. The molecule has 0 aromatic carbocycles. The van der Waals surface area contributed by atoms with E-state index in [4.69, 9.17) is 5.11 Å². The Morgan fingerprint density at radius 1 is 1.38 bits per heavy atom. The molecule has 0 aliphatic carbocycles. The molecule has 21 heavy (non-hydrogen) atoms. The normalized spacial score (nSPS) is 13.1. The summed E-state index contributed by atoms with van der Waals surface area (Å²) in [4.78, 5) is 15.4. The number of aliphatic carboxylic acids is 1. The van der Waals surface area contributed by atoms with Crippen molar-refractivity contribution in [2.45, 2.75) is 39.7 Å². The lowest BCUT2D eigenvalue weighted by molar-refractivity contribution is -0.138. The molecule has 0 saturated heterocycles. The molecular formula is C14H19N5O2. The second-order valence-corrected chi connectivity index (χ2v) is 6.18. The van der Waals surface area contributed by atoms with E-state index in [0.29, 0.717) is 17.9 Å². The summed E-state index contributed by atoms with van der Waals surface area (Å²) in [5, 5.41) is 20.8. The van der Waals surface area contributed by atoms with Crippen LogP contribution in [0.3, 0.4) is 0 Å². The van der Waals surface area contributed by atoms with Crippen LogP contribution in [0.1, 0.15) is 39.7 Å². The molecule has 2 aromatic rings. The van der Waals surface area contributed by atoms with Crippen LogP contribution in [-0.2, 0) is 4.79 Å². The van der Waals surface area contributed by atoms with Gasteiger partial charge in [-0.1, -0.05) is 26.8 Å². The number of carbonyl (C=O) groups is 1. The zero-order valence-corrected chi connectivity index (χ0v) is 12.4. The van der Waals surface area contributed by atoms with Gasteiger partial charge in [0.2, 0.25) is 5.82 Å². The van der Waals surface area contributed by atoms with Gasteiger partial charge < -0.3 is 5.11 Å². The predicted molar refractivity (Wildman–Crippen MR) is 76.4 cm³/mol. The van der Waals surface area contributed by atoms with Crippen molar-refractivity contribution in [1.82, 2.24) is 25.2 Å². The molecule has 0 radical (unpaired) electrons. The third-order valence-corrected chi connectivity index (χ3v) is 2.99. The highest BCUT2D eigenvalue weighted by atomic mass is 16.4. The highest BCUT2D eigenvalue weighted by Gasteiger charge is 2.26. The van der Waals surface area contributed by atoms with Crippen LogP contribution >= 0.6 is 0 Å². The van der Waals surface area contributed by atoms with Crippen molar-refractivity contribution in [3.05, 3.63) is 24.4 Å². The highest BCUT2D eigenvalue weighted by Crippen LogP contribution is 2.31. The van der Waals surface area contributed by atoms with Crippen LogP contribution in [0, 0.1) is 5.41 Å². The van der Waals surface area contributed by atoms with Crippen molar-refractivity contribution in [3.8, 4) is 11.5 Å². The molecule has 2 rings (SSSR count). The van der Waals surface area contributed by atoms with E-state index in [2.05, 4.69) is 41.3 Å². The third-order valence-electron chi connectivity index (χ3n) is 2.99. The van der Waals surface area contributed by atoms with Gasteiger partial charge in [-0.05, 0) is 34.4 Å². The first kappa shape index (κ1) is 15.1. The number of carboxylic acid groups (broad SMARTS) is 1. The van der Waals surface area contributed by atoms with Gasteiger partial charge in [-0.2, -0.15) is 0 Å². The Labute approximate surface area is 123 Å². The second kappa shape index (κ2) is 5.99. The van der Waals surface area contributed by atoms with Gasteiger partial charge in [0.05, 0.1) is 12.5 Å². The fourth-order valence-corrected chi connectivity index (χ4v) is 2.26. The van der Waals surface area contributed by atoms with Gasteiger partial charge in [0, 0.05) is 6.20 Å². The molecule has 0 aliphatic rings. The van der Waals surface area contributed by atoms with E-state index in [1.54, 1.807) is 16.9 Å². The van der Waals surface area contributed by atoms with Gasteiger partial charge in [-0.15, -0.1) is 5.10 Å². The van der Waals surface area contributed by atoms with Crippen molar-refractivity contribution in [1.29, 1.82) is 0 Å². The smallest absolute Gasteiger partial charge is 0.305 e. The summed E-state index contributed by atoms with van der Waals surface area (Å²) in [7, 11) is 0. The Bertz CT molecular complexity index is 603. The minimum Gasteiger partial charge on any atom is -0.481 e. The minimum absolute atomic E-state index is 0.0257. The van der Waals surface area contributed by atoms with E-state index in [9.17, 15) is 4.79 Å². The SMILES string of the molecule is CC(C)(C)CC(CC(=O)O)n1nnnc1-c1ccccn1. The number of hydrogen-bond donors (Lipinski definition) is 1. The molecule has 7 nitrogen and oxygen atoms in total. The summed E-state index contributed by atoms with van der Waals surface area (Å²) < 4.78 is 1.57. The first-order valence-corrected chi connectivity index (χ1v) is 6.78. The summed E-state index contributed by atoms with van der Waals surface area (Å²) in [6.07, 6.45) is 2.29. The molecule has 0 spiro atoms. The lowest BCUT2D eigenvalue weighted by Crippen LogP contribution is -2.22. The first-order valence-electron chi connectivity index (χ1n) is 6.78. The van der Waals surface area contributed by atoms with Gasteiger partial charge in [0.15, 0.2) is 0 Å². The van der Waals surface area contributed by atoms with Crippen molar-refractivity contribution >= 4 is 5.97 Å². The fraction of sp³-hybridized carbons (Fsp3) is 0.500. The molecule has 1 N–H and O–H groups in total.